The fraction of sp³-hybridized carbons (Fsp3) is 0.526. The van der Waals surface area contributed by atoms with Crippen LogP contribution in [0.5, 0.6) is 5.75 Å². The Labute approximate surface area is 160 Å². The molecule has 0 radical (unpaired) electrons. The van der Waals surface area contributed by atoms with Gasteiger partial charge in [0.25, 0.3) is 0 Å². The molecule has 8 heteroatoms. The summed E-state index contributed by atoms with van der Waals surface area (Å²) in [5.41, 5.74) is 7.03. The Balaban J connectivity index is 1.64. The molecule has 1 aromatic rings. The van der Waals surface area contributed by atoms with Gasteiger partial charge in [-0.25, -0.2) is 10.6 Å². The maximum Gasteiger partial charge on any atom is 0.337 e. The molecule has 0 saturated carbocycles. The van der Waals surface area contributed by atoms with Crippen molar-refractivity contribution in [2.24, 2.45) is 11.6 Å². The van der Waals surface area contributed by atoms with Crippen LogP contribution in [0, 0.1) is 0 Å². The number of hydrogen-bond donors (Lipinski definition) is 3. The highest BCUT2D eigenvalue weighted by Crippen LogP contribution is 2.14. The first-order chi connectivity index (χ1) is 13.1. The van der Waals surface area contributed by atoms with Gasteiger partial charge in [0.1, 0.15) is 5.75 Å². The number of nitrogens with zero attached hydrogens (tertiary/aromatic N) is 1. The van der Waals surface area contributed by atoms with Gasteiger partial charge in [0.2, 0.25) is 0 Å². The van der Waals surface area contributed by atoms with Crippen molar-refractivity contribution < 1.29 is 19.0 Å². The lowest BCUT2D eigenvalue weighted by Crippen LogP contribution is -2.33. The third-order valence-electron chi connectivity index (χ3n) is 4.19. The first-order valence-electron chi connectivity index (χ1n) is 9.19. The smallest absolute Gasteiger partial charge is 0.337 e. The molecule has 1 fully saturated rings. The maximum absolute atomic E-state index is 11.5. The number of methoxy groups -OCH3 is 1. The van der Waals surface area contributed by atoms with Crippen LogP contribution in [0.4, 0.5) is 0 Å². The van der Waals surface area contributed by atoms with Crippen molar-refractivity contribution in [2.45, 2.75) is 25.4 Å². The minimum absolute atomic E-state index is 0.263. The highest BCUT2D eigenvalue weighted by molar-refractivity contribution is 5.89. The summed E-state index contributed by atoms with van der Waals surface area (Å²) in [6.07, 6.45) is 4.68. The van der Waals surface area contributed by atoms with Crippen molar-refractivity contribution in [3.8, 4) is 5.75 Å². The molecule has 0 aliphatic carbocycles. The minimum atomic E-state index is -0.388. The van der Waals surface area contributed by atoms with E-state index < -0.39 is 0 Å². The van der Waals surface area contributed by atoms with Gasteiger partial charge in [-0.1, -0.05) is 6.07 Å². The van der Waals surface area contributed by atoms with Crippen LogP contribution < -0.4 is 21.6 Å². The van der Waals surface area contributed by atoms with E-state index in [-0.39, 0.29) is 12.1 Å². The second-order valence-electron chi connectivity index (χ2n) is 6.42. The van der Waals surface area contributed by atoms with Crippen LogP contribution in [0.3, 0.4) is 0 Å². The number of nitrogens with two attached hydrogens (primary N) is 2. The summed E-state index contributed by atoms with van der Waals surface area (Å²) in [5, 5.41) is 4.83. The van der Waals surface area contributed by atoms with Crippen molar-refractivity contribution in [3.63, 3.8) is 0 Å². The molecular formula is C19H30N4O4. The molecule has 5 N–H and O–H groups in total. The first-order valence-corrected chi connectivity index (χ1v) is 9.19. The number of carbonyl (C=O) groups excluding carboxylic acids is 1. The van der Waals surface area contributed by atoms with Crippen LogP contribution in [0.15, 0.2) is 36.2 Å². The maximum atomic E-state index is 11.5. The summed E-state index contributed by atoms with van der Waals surface area (Å²) < 4.78 is 16.1. The average Bonchev–Trinajstić information content (AvgIpc) is 2.70. The number of nitrogens with one attached hydrogen (secondary N) is 1. The van der Waals surface area contributed by atoms with Crippen LogP contribution in [-0.4, -0.2) is 57.0 Å². The van der Waals surface area contributed by atoms with E-state index in [4.69, 9.17) is 25.8 Å². The van der Waals surface area contributed by atoms with E-state index in [1.807, 2.05) is 0 Å². The van der Waals surface area contributed by atoms with E-state index in [0.717, 1.165) is 25.9 Å². The summed E-state index contributed by atoms with van der Waals surface area (Å²) >= 11 is 0. The van der Waals surface area contributed by atoms with Gasteiger partial charge in [0.05, 0.1) is 37.7 Å². The molecule has 0 amide bonds. The molecule has 1 saturated heterocycles. The van der Waals surface area contributed by atoms with E-state index >= 15 is 0 Å². The summed E-state index contributed by atoms with van der Waals surface area (Å²) in [6.45, 7) is 3.41. The van der Waals surface area contributed by atoms with E-state index in [1.165, 1.54) is 12.1 Å². The number of carbonyl (C=O) groups is 1. The summed E-state index contributed by atoms with van der Waals surface area (Å²) in [5.74, 6) is 6.17. The number of piperidine rings is 1. The molecule has 2 rings (SSSR count). The molecule has 8 nitrogen and oxygen atoms in total. The zero-order valence-electron chi connectivity index (χ0n) is 15.9. The first kappa shape index (κ1) is 21.0. The second kappa shape index (κ2) is 11.4. The SMILES string of the molecule is COC(=O)c1cccc(OCCCN(N)/C=C(\N)COC2CCNCC2)c1. The fourth-order valence-electron chi connectivity index (χ4n) is 2.76. The van der Waals surface area contributed by atoms with Gasteiger partial charge in [-0.2, -0.15) is 0 Å². The van der Waals surface area contributed by atoms with Crippen LogP contribution in [0.1, 0.15) is 29.6 Å². The van der Waals surface area contributed by atoms with Crippen LogP contribution in [0.2, 0.25) is 0 Å². The molecule has 0 spiro atoms. The predicted octanol–water partition coefficient (Wildman–Crippen LogP) is 0.987. The molecule has 0 unspecified atom stereocenters. The summed E-state index contributed by atoms with van der Waals surface area (Å²) in [6, 6.07) is 6.88. The Hall–Kier alpha value is -2.29. The number of benzene rings is 1. The Morgan fingerprint density at radius 2 is 2.15 bits per heavy atom. The fourth-order valence-corrected chi connectivity index (χ4v) is 2.76. The predicted molar refractivity (Wildman–Crippen MR) is 103 cm³/mol. The van der Waals surface area contributed by atoms with E-state index in [0.29, 0.717) is 43.2 Å². The van der Waals surface area contributed by atoms with Gasteiger partial charge in [-0.15, -0.1) is 0 Å². The molecule has 1 heterocycles. The van der Waals surface area contributed by atoms with Gasteiger partial charge in [0.15, 0.2) is 0 Å². The number of hydrazine groups is 1. The second-order valence-corrected chi connectivity index (χ2v) is 6.42. The van der Waals surface area contributed by atoms with Gasteiger partial charge in [-0.3, -0.25) is 0 Å². The number of rotatable bonds is 10. The van der Waals surface area contributed by atoms with Crippen molar-refractivity contribution in [1.29, 1.82) is 0 Å². The number of hydrogen-bond acceptors (Lipinski definition) is 8. The molecule has 1 aliphatic heterocycles. The largest absolute Gasteiger partial charge is 0.494 e. The topological polar surface area (TPSA) is 112 Å². The van der Waals surface area contributed by atoms with Gasteiger partial charge < -0.3 is 30.3 Å². The van der Waals surface area contributed by atoms with Gasteiger partial charge in [-0.05, 0) is 44.1 Å². The average molecular weight is 378 g/mol. The van der Waals surface area contributed by atoms with E-state index in [1.54, 1.807) is 30.5 Å². The Morgan fingerprint density at radius 1 is 1.37 bits per heavy atom. The zero-order valence-corrected chi connectivity index (χ0v) is 15.9. The van der Waals surface area contributed by atoms with Crippen molar-refractivity contribution >= 4 is 5.97 Å². The lowest BCUT2D eigenvalue weighted by molar-refractivity contribution is 0.0464. The molecular weight excluding hydrogens is 348 g/mol. The van der Waals surface area contributed by atoms with Gasteiger partial charge in [0, 0.05) is 19.2 Å². The van der Waals surface area contributed by atoms with Crippen molar-refractivity contribution in [2.75, 3.05) is 40.0 Å². The summed E-state index contributed by atoms with van der Waals surface area (Å²) in [4.78, 5) is 11.5. The molecule has 1 aromatic carbocycles. The molecule has 0 atom stereocenters. The molecule has 150 valence electrons. The highest BCUT2D eigenvalue weighted by atomic mass is 16.5. The Bertz CT molecular complexity index is 617. The van der Waals surface area contributed by atoms with Crippen LogP contribution >= 0.6 is 0 Å². The molecule has 0 bridgehead atoms. The molecule has 27 heavy (non-hydrogen) atoms. The normalized spacial score (nSPS) is 15.4. The van der Waals surface area contributed by atoms with E-state index in [2.05, 4.69) is 5.32 Å². The van der Waals surface area contributed by atoms with Gasteiger partial charge >= 0.3 is 5.97 Å². The van der Waals surface area contributed by atoms with Crippen LogP contribution in [0.25, 0.3) is 0 Å². The monoisotopic (exact) mass is 378 g/mol. The Morgan fingerprint density at radius 3 is 2.89 bits per heavy atom. The third kappa shape index (κ3) is 7.86. The standard InChI is InChI=1S/C19H30N4O4/c1-25-19(24)15-4-2-5-18(12-15)26-11-3-10-23(21)13-16(20)14-27-17-6-8-22-9-7-17/h2,4-5,12-13,17,22H,3,6-11,14,20-21H2,1H3/b16-13-. The van der Waals surface area contributed by atoms with Crippen LogP contribution in [-0.2, 0) is 9.47 Å². The van der Waals surface area contributed by atoms with E-state index in [9.17, 15) is 4.79 Å². The lowest BCUT2D eigenvalue weighted by Gasteiger charge is -2.23. The van der Waals surface area contributed by atoms with Crippen molar-refractivity contribution in [3.05, 3.63) is 41.7 Å². The number of ether oxygens (including phenoxy) is 3. The lowest BCUT2D eigenvalue weighted by atomic mass is 10.1. The third-order valence-corrected chi connectivity index (χ3v) is 4.19. The molecule has 1 aliphatic rings. The highest BCUT2D eigenvalue weighted by Gasteiger charge is 2.13. The molecule has 0 aromatic heterocycles. The summed E-state index contributed by atoms with van der Waals surface area (Å²) in [7, 11) is 1.35. The minimum Gasteiger partial charge on any atom is -0.494 e. The zero-order chi connectivity index (χ0) is 19.5. The number of esters is 1. The van der Waals surface area contributed by atoms with Crippen molar-refractivity contribution in [1.82, 2.24) is 10.3 Å². The Kier molecular flexibility index (Phi) is 8.90. The quantitative estimate of drug-likeness (QED) is 0.239.